The number of methoxy groups -OCH3 is 2. The third kappa shape index (κ3) is 2.44. The van der Waals surface area contributed by atoms with E-state index >= 15 is 0 Å². The van der Waals surface area contributed by atoms with Crippen LogP contribution in [-0.2, 0) is 19.4 Å². The molecule has 4 rings (SSSR count). The van der Waals surface area contributed by atoms with Crippen molar-refractivity contribution >= 4 is 11.0 Å². The standard InChI is InChI=1S/C19H20N2O2/c1-22-18-7-6-13(8-19(18)23-2)11-21-12-20-16-9-14-4-3-5-15(14)10-17(16)21/h6-10,12H,3-5,11H2,1-2H3. The maximum absolute atomic E-state index is 5.39. The van der Waals surface area contributed by atoms with Crippen LogP contribution in [0, 0.1) is 0 Å². The molecule has 118 valence electrons. The second-order valence-corrected chi connectivity index (χ2v) is 6.02. The van der Waals surface area contributed by atoms with Crippen LogP contribution in [0.1, 0.15) is 23.1 Å². The van der Waals surface area contributed by atoms with Crippen molar-refractivity contribution < 1.29 is 9.47 Å². The number of fused-ring (bicyclic) bond motifs is 2. The van der Waals surface area contributed by atoms with E-state index in [1.54, 1.807) is 14.2 Å². The average Bonchev–Trinajstić information content (AvgIpc) is 3.19. The molecule has 2 aromatic carbocycles. The molecule has 1 aliphatic carbocycles. The van der Waals surface area contributed by atoms with Crippen molar-refractivity contribution in [2.45, 2.75) is 25.8 Å². The number of aromatic nitrogens is 2. The lowest BCUT2D eigenvalue weighted by Crippen LogP contribution is -2.00. The lowest BCUT2D eigenvalue weighted by Gasteiger charge is -2.11. The summed E-state index contributed by atoms with van der Waals surface area (Å²) < 4.78 is 12.9. The van der Waals surface area contributed by atoms with Gasteiger partial charge in [-0.3, -0.25) is 0 Å². The van der Waals surface area contributed by atoms with Gasteiger partial charge in [0.25, 0.3) is 0 Å². The number of hydrogen-bond donors (Lipinski definition) is 0. The zero-order chi connectivity index (χ0) is 15.8. The highest BCUT2D eigenvalue weighted by Gasteiger charge is 2.14. The summed E-state index contributed by atoms with van der Waals surface area (Å²) >= 11 is 0. The fourth-order valence-corrected chi connectivity index (χ4v) is 3.43. The van der Waals surface area contributed by atoms with Gasteiger partial charge in [0.15, 0.2) is 11.5 Å². The normalized spacial score (nSPS) is 13.3. The van der Waals surface area contributed by atoms with E-state index in [1.165, 1.54) is 41.5 Å². The number of rotatable bonds is 4. The predicted molar refractivity (Wildman–Crippen MR) is 90.4 cm³/mol. The summed E-state index contributed by atoms with van der Waals surface area (Å²) in [7, 11) is 3.32. The molecule has 0 fully saturated rings. The van der Waals surface area contributed by atoms with Gasteiger partial charge in [-0.05, 0) is 60.2 Å². The molecular formula is C19H20N2O2. The summed E-state index contributed by atoms with van der Waals surface area (Å²) in [4.78, 5) is 4.58. The monoisotopic (exact) mass is 308 g/mol. The SMILES string of the molecule is COc1ccc(Cn2cnc3cc4c(cc32)CCC4)cc1OC. The molecule has 3 aromatic rings. The molecule has 0 atom stereocenters. The third-order valence-electron chi connectivity index (χ3n) is 4.64. The van der Waals surface area contributed by atoms with Gasteiger partial charge in [-0.15, -0.1) is 0 Å². The van der Waals surface area contributed by atoms with Gasteiger partial charge in [-0.25, -0.2) is 4.98 Å². The van der Waals surface area contributed by atoms with E-state index in [0.717, 1.165) is 23.6 Å². The van der Waals surface area contributed by atoms with Crippen LogP contribution in [0.3, 0.4) is 0 Å². The molecule has 4 nitrogen and oxygen atoms in total. The first kappa shape index (κ1) is 14.1. The summed E-state index contributed by atoms with van der Waals surface area (Å²) in [5.41, 5.74) is 6.41. The molecule has 0 unspecified atom stereocenters. The minimum absolute atomic E-state index is 0.754. The molecule has 1 heterocycles. The van der Waals surface area contributed by atoms with Gasteiger partial charge >= 0.3 is 0 Å². The Morgan fingerprint density at radius 3 is 2.57 bits per heavy atom. The maximum Gasteiger partial charge on any atom is 0.161 e. The number of ether oxygens (including phenoxy) is 2. The van der Waals surface area contributed by atoms with Crippen LogP contribution in [-0.4, -0.2) is 23.8 Å². The predicted octanol–water partition coefficient (Wildman–Crippen LogP) is 3.59. The van der Waals surface area contributed by atoms with Crippen LogP contribution in [0.5, 0.6) is 11.5 Å². The van der Waals surface area contributed by atoms with E-state index in [1.807, 2.05) is 18.5 Å². The van der Waals surface area contributed by atoms with E-state index in [2.05, 4.69) is 27.8 Å². The zero-order valence-corrected chi connectivity index (χ0v) is 13.5. The van der Waals surface area contributed by atoms with Crippen LogP contribution >= 0.6 is 0 Å². The lowest BCUT2D eigenvalue weighted by molar-refractivity contribution is 0.354. The second-order valence-electron chi connectivity index (χ2n) is 6.02. The highest BCUT2D eigenvalue weighted by Crippen LogP contribution is 2.30. The second kappa shape index (κ2) is 5.61. The highest BCUT2D eigenvalue weighted by atomic mass is 16.5. The molecule has 0 aliphatic heterocycles. The summed E-state index contributed by atoms with van der Waals surface area (Å²) in [6.07, 6.45) is 5.56. The highest BCUT2D eigenvalue weighted by molar-refractivity contribution is 5.78. The molecule has 23 heavy (non-hydrogen) atoms. The van der Waals surface area contributed by atoms with Crippen molar-refractivity contribution in [1.82, 2.24) is 9.55 Å². The number of aryl methyl sites for hydroxylation is 2. The molecule has 0 spiro atoms. The molecular weight excluding hydrogens is 288 g/mol. The summed E-state index contributed by atoms with van der Waals surface area (Å²) in [6.45, 7) is 0.773. The lowest BCUT2D eigenvalue weighted by atomic mass is 10.1. The summed E-state index contributed by atoms with van der Waals surface area (Å²) in [6, 6.07) is 10.6. The van der Waals surface area contributed by atoms with Crippen molar-refractivity contribution in [2.75, 3.05) is 14.2 Å². The van der Waals surface area contributed by atoms with E-state index in [-0.39, 0.29) is 0 Å². The molecule has 0 N–H and O–H groups in total. The van der Waals surface area contributed by atoms with Gasteiger partial charge < -0.3 is 14.0 Å². The molecule has 0 radical (unpaired) electrons. The van der Waals surface area contributed by atoms with Crippen LogP contribution < -0.4 is 9.47 Å². The van der Waals surface area contributed by atoms with Crippen molar-refractivity contribution in [3.63, 3.8) is 0 Å². The van der Waals surface area contributed by atoms with Crippen LogP contribution in [0.25, 0.3) is 11.0 Å². The van der Waals surface area contributed by atoms with Crippen LogP contribution in [0.2, 0.25) is 0 Å². The molecule has 0 bridgehead atoms. The van der Waals surface area contributed by atoms with Gasteiger partial charge in [-0.2, -0.15) is 0 Å². The summed E-state index contributed by atoms with van der Waals surface area (Å²) in [5, 5.41) is 0. The Kier molecular flexibility index (Phi) is 3.45. The Balaban J connectivity index is 1.70. The van der Waals surface area contributed by atoms with Gasteiger partial charge in [0.1, 0.15) is 0 Å². The number of benzene rings is 2. The Hall–Kier alpha value is -2.49. The summed E-state index contributed by atoms with van der Waals surface area (Å²) in [5.74, 6) is 1.51. The first-order valence-corrected chi connectivity index (χ1v) is 7.96. The minimum Gasteiger partial charge on any atom is -0.493 e. The third-order valence-corrected chi connectivity index (χ3v) is 4.64. The smallest absolute Gasteiger partial charge is 0.161 e. The maximum atomic E-state index is 5.39. The molecule has 1 aliphatic rings. The fourth-order valence-electron chi connectivity index (χ4n) is 3.43. The van der Waals surface area contributed by atoms with Crippen molar-refractivity contribution in [1.29, 1.82) is 0 Å². The number of hydrogen-bond acceptors (Lipinski definition) is 3. The largest absolute Gasteiger partial charge is 0.493 e. The van der Waals surface area contributed by atoms with Gasteiger partial charge in [0, 0.05) is 6.54 Å². The molecule has 0 saturated heterocycles. The fraction of sp³-hybridized carbons (Fsp3) is 0.316. The Morgan fingerprint density at radius 1 is 1.00 bits per heavy atom. The molecule has 4 heteroatoms. The Bertz CT molecular complexity index is 867. The van der Waals surface area contributed by atoms with Crippen LogP contribution in [0.15, 0.2) is 36.7 Å². The molecule has 0 saturated carbocycles. The van der Waals surface area contributed by atoms with Crippen molar-refractivity contribution in [2.24, 2.45) is 0 Å². The van der Waals surface area contributed by atoms with E-state index in [9.17, 15) is 0 Å². The van der Waals surface area contributed by atoms with E-state index in [0.29, 0.717) is 0 Å². The Morgan fingerprint density at radius 2 is 1.78 bits per heavy atom. The molecule has 1 aromatic heterocycles. The first-order valence-electron chi connectivity index (χ1n) is 7.96. The quantitative estimate of drug-likeness (QED) is 0.739. The molecule has 0 amide bonds. The number of imidazole rings is 1. The van der Waals surface area contributed by atoms with Gasteiger partial charge in [0.2, 0.25) is 0 Å². The van der Waals surface area contributed by atoms with Crippen molar-refractivity contribution in [3.05, 3.63) is 53.3 Å². The van der Waals surface area contributed by atoms with Crippen LogP contribution in [0.4, 0.5) is 0 Å². The van der Waals surface area contributed by atoms with E-state index in [4.69, 9.17) is 9.47 Å². The zero-order valence-electron chi connectivity index (χ0n) is 13.5. The van der Waals surface area contributed by atoms with Crippen molar-refractivity contribution in [3.8, 4) is 11.5 Å². The van der Waals surface area contributed by atoms with E-state index < -0.39 is 0 Å². The number of nitrogens with zero attached hydrogens (tertiary/aromatic N) is 2. The topological polar surface area (TPSA) is 36.3 Å². The minimum atomic E-state index is 0.754. The average molecular weight is 308 g/mol. The van der Waals surface area contributed by atoms with Gasteiger partial charge in [-0.1, -0.05) is 6.07 Å². The Labute approximate surface area is 135 Å². The van der Waals surface area contributed by atoms with Gasteiger partial charge in [0.05, 0.1) is 31.6 Å². The first-order chi connectivity index (χ1) is 11.3.